The maximum Gasteiger partial charge on any atom is 0.211 e. The van der Waals surface area contributed by atoms with Gasteiger partial charge in [0.15, 0.2) is 0 Å². The van der Waals surface area contributed by atoms with Crippen LogP contribution in [0.2, 0.25) is 0 Å². The van der Waals surface area contributed by atoms with Crippen molar-refractivity contribution < 1.29 is 4.74 Å². The summed E-state index contributed by atoms with van der Waals surface area (Å²) in [4.78, 5) is 0. The number of hydrogen-bond acceptors (Lipinski definition) is 3. The monoisotopic (exact) mass is 220 g/mol. The average molecular weight is 220 g/mol. The summed E-state index contributed by atoms with van der Waals surface area (Å²) in [5, 5.41) is 7.25. The van der Waals surface area contributed by atoms with Crippen LogP contribution in [0.5, 0.6) is 5.75 Å². The third-order valence-electron chi connectivity index (χ3n) is 1.89. The van der Waals surface area contributed by atoms with Crippen LogP contribution in [0.1, 0.15) is 18.1 Å². The molecular formula is C11H16N4O. The van der Waals surface area contributed by atoms with Crippen LogP contribution >= 0.6 is 0 Å². The van der Waals surface area contributed by atoms with Crippen LogP contribution in [-0.4, -0.2) is 18.8 Å². The molecule has 1 rings (SSSR count). The Morgan fingerprint density at radius 1 is 1.44 bits per heavy atom. The minimum absolute atomic E-state index is 0.0617. The predicted octanol–water partition coefficient (Wildman–Crippen LogP) is 1.00. The Balaban J connectivity index is 2.86. The number of rotatable bonds is 4. The molecule has 0 aliphatic heterocycles. The van der Waals surface area contributed by atoms with Gasteiger partial charge in [0.25, 0.3) is 0 Å². The first-order valence-corrected chi connectivity index (χ1v) is 4.99. The Hall–Kier alpha value is -2.04. The molecule has 0 spiro atoms. The Morgan fingerprint density at radius 2 is 2.19 bits per heavy atom. The fourth-order valence-corrected chi connectivity index (χ4v) is 1.17. The lowest BCUT2D eigenvalue weighted by atomic mass is 10.1. The van der Waals surface area contributed by atoms with Crippen molar-refractivity contribution >= 4 is 12.2 Å². The fourth-order valence-electron chi connectivity index (χ4n) is 1.17. The highest BCUT2D eigenvalue weighted by molar-refractivity contribution is 5.82. The summed E-state index contributed by atoms with van der Waals surface area (Å²) < 4.78 is 5.46. The van der Waals surface area contributed by atoms with E-state index in [0.717, 1.165) is 16.9 Å². The first-order chi connectivity index (χ1) is 7.63. The first kappa shape index (κ1) is 12.0. The van der Waals surface area contributed by atoms with E-state index >= 15 is 0 Å². The molecule has 0 atom stereocenters. The number of guanidine groups is 1. The molecule has 0 amide bonds. The van der Waals surface area contributed by atoms with E-state index in [9.17, 15) is 0 Å². The van der Waals surface area contributed by atoms with E-state index in [1.54, 1.807) is 6.21 Å². The van der Waals surface area contributed by atoms with Gasteiger partial charge in [0.05, 0.1) is 12.8 Å². The molecule has 5 heteroatoms. The topological polar surface area (TPSA) is 86.0 Å². The molecule has 0 aromatic heterocycles. The zero-order chi connectivity index (χ0) is 12.0. The molecule has 86 valence electrons. The molecular weight excluding hydrogens is 204 g/mol. The molecule has 0 aliphatic carbocycles. The molecule has 0 bridgehead atoms. The van der Waals surface area contributed by atoms with Crippen molar-refractivity contribution in [2.24, 2.45) is 21.7 Å². The molecule has 1 aromatic carbocycles. The number of ether oxygens (including phenoxy) is 1. The zero-order valence-corrected chi connectivity index (χ0v) is 9.47. The molecule has 0 saturated heterocycles. The summed E-state index contributed by atoms with van der Waals surface area (Å²) in [5.41, 5.74) is 12.3. The van der Waals surface area contributed by atoms with Crippen LogP contribution in [0.15, 0.2) is 28.4 Å². The van der Waals surface area contributed by atoms with Crippen LogP contribution in [0.3, 0.4) is 0 Å². The van der Waals surface area contributed by atoms with E-state index in [-0.39, 0.29) is 5.96 Å². The van der Waals surface area contributed by atoms with Crippen LogP contribution in [0.25, 0.3) is 0 Å². The second-order valence-electron chi connectivity index (χ2n) is 3.23. The number of hydrogen-bond donors (Lipinski definition) is 2. The van der Waals surface area contributed by atoms with Gasteiger partial charge >= 0.3 is 0 Å². The van der Waals surface area contributed by atoms with Gasteiger partial charge in [-0.2, -0.15) is 5.10 Å². The second kappa shape index (κ2) is 5.75. The van der Waals surface area contributed by atoms with Crippen LogP contribution in [-0.2, 0) is 0 Å². The third kappa shape index (κ3) is 3.61. The van der Waals surface area contributed by atoms with Gasteiger partial charge in [0, 0.05) is 0 Å². The molecule has 5 nitrogen and oxygen atoms in total. The van der Waals surface area contributed by atoms with Crippen LogP contribution in [0, 0.1) is 6.92 Å². The van der Waals surface area contributed by atoms with E-state index in [1.165, 1.54) is 0 Å². The maximum absolute atomic E-state index is 5.46. The second-order valence-corrected chi connectivity index (χ2v) is 3.23. The van der Waals surface area contributed by atoms with E-state index in [0.29, 0.717) is 6.61 Å². The van der Waals surface area contributed by atoms with Gasteiger partial charge in [-0.1, -0.05) is 12.1 Å². The third-order valence-corrected chi connectivity index (χ3v) is 1.89. The SMILES string of the molecule is CCOc1cc(C=NN=C(N)N)ccc1C. The van der Waals surface area contributed by atoms with Crippen molar-refractivity contribution in [2.45, 2.75) is 13.8 Å². The minimum Gasteiger partial charge on any atom is -0.494 e. The molecule has 1 aromatic rings. The lowest BCUT2D eigenvalue weighted by Crippen LogP contribution is -2.21. The summed E-state index contributed by atoms with van der Waals surface area (Å²) in [7, 11) is 0. The standard InChI is InChI=1S/C11H16N4O/c1-3-16-10-6-9(5-4-8(10)2)7-14-15-11(12)13/h4-7H,3H2,1-2H3,(H4,12,13,15). The number of nitrogens with zero attached hydrogens (tertiary/aromatic N) is 2. The van der Waals surface area contributed by atoms with E-state index in [4.69, 9.17) is 16.2 Å². The number of benzene rings is 1. The number of nitrogens with two attached hydrogens (primary N) is 2. The van der Waals surface area contributed by atoms with Gasteiger partial charge in [0.2, 0.25) is 5.96 Å². The highest BCUT2D eigenvalue weighted by Gasteiger charge is 1.99. The van der Waals surface area contributed by atoms with Crippen molar-refractivity contribution in [1.29, 1.82) is 0 Å². The molecule has 0 fully saturated rings. The lowest BCUT2D eigenvalue weighted by Gasteiger charge is -2.06. The smallest absolute Gasteiger partial charge is 0.211 e. The Labute approximate surface area is 94.8 Å². The molecule has 16 heavy (non-hydrogen) atoms. The van der Waals surface area contributed by atoms with E-state index in [1.807, 2.05) is 32.0 Å². The normalized spacial score (nSPS) is 10.4. The Morgan fingerprint density at radius 3 is 2.81 bits per heavy atom. The summed E-state index contributed by atoms with van der Waals surface area (Å²) in [6.07, 6.45) is 1.57. The highest BCUT2D eigenvalue weighted by atomic mass is 16.5. The van der Waals surface area contributed by atoms with Gasteiger partial charge in [-0.25, -0.2) is 0 Å². The van der Waals surface area contributed by atoms with Crippen molar-refractivity contribution in [3.05, 3.63) is 29.3 Å². The van der Waals surface area contributed by atoms with Crippen molar-refractivity contribution in [1.82, 2.24) is 0 Å². The number of aryl methyl sites for hydroxylation is 1. The van der Waals surface area contributed by atoms with E-state index in [2.05, 4.69) is 10.2 Å². The van der Waals surface area contributed by atoms with Crippen molar-refractivity contribution in [2.75, 3.05) is 6.61 Å². The molecule has 0 unspecified atom stereocenters. The van der Waals surface area contributed by atoms with Gasteiger partial charge in [-0.05, 0) is 31.0 Å². The maximum atomic E-state index is 5.46. The van der Waals surface area contributed by atoms with Gasteiger partial charge < -0.3 is 16.2 Å². The fraction of sp³-hybridized carbons (Fsp3) is 0.273. The first-order valence-electron chi connectivity index (χ1n) is 4.99. The van der Waals surface area contributed by atoms with Gasteiger partial charge in [0.1, 0.15) is 5.75 Å². The molecule has 0 radical (unpaired) electrons. The van der Waals surface area contributed by atoms with Crippen LogP contribution in [0.4, 0.5) is 0 Å². The predicted molar refractivity (Wildman–Crippen MR) is 65.8 cm³/mol. The Kier molecular flexibility index (Phi) is 4.32. The zero-order valence-electron chi connectivity index (χ0n) is 9.47. The molecule has 0 heterocycles. The minimum atomic E-state index is -0.0617. The van der Waals surface area contributed by atoms with Gasteiger partial charge in [-0.3, -0.25) is 0 Å². The largest absolute Gasteiger partial charge is 0.494 e. The highest BCUT2D eigenvalue weighted by Crippen LogP contribution is 2.18. The molecule has 0 saturated carbocycles. The summed E-state index contributed by atoms with van der Waals surface area (Å²) in [6.45, 7) is 4.57. The van der Waals surface area contributed by atoms with Crippen LogP contribution < -0.4 is 16.2 Å². The lowest BCUT2D eigenvalue weighted by molar-refractivity contribution is 0.338. The average Bonchev–Trinajstić information content (AvgIpc) is 2.22. The van der Waals surface area contributed by atoms with Crippen molar-refractivity contribution in [3.63, 3.8) is 0 Å². The summed E-state index contributed by atoms with van der Waals surface area (Å²) >= 11 is 0. The summed E-state index contributed by atoms with van der Waals surface area (Å²) in [6, 6.07) is 5.77. The molecule has 4 N–H and O–H groups in total. The van der Waals surface area contributed by atoms with E-state index < -0.39 is 0 Å². The summed E-state index contributed by atoms with van der Waals surface area (Å²) in [5.74, 6) is 0.782. The quantitative estimate of drug-likeness (QED) is 0.451. The Bertz CT molecular complexity index is 408. The van der Waals surface area contributed by atoms with Crippen molar-refractivity contribution in [3.8, 4) is 5.75 Å². The molecule has 0 aliphatic rings. The van der Waals surface area contributed by atoms with Gasteiger partial charge in [-0.15, -0.1) is 5.10 Å².